The molecular formula is C52H72N2O2Si2. The molecule has 0 aliphatic carbocycles. The van der Waals surface area contributed by atoms with E-state index < -0.39 is 16.1 Å². The average molecular weight is 813 g/mol. The summed E-state index contributed by atoms with van der Waals surface area (Å²) in [6, 6.07) is 21.7. The van der Waals surface area contributed by atoms with Gasteiger partial charge in [0.05, 0.1) is 24.6 Å². The van der Waals surface area contributed by atoms with Crippen molar-refractivity contribution in [1.82, 2.24) is 9.97 Å². The van der Waals surface area contributed by atoms with Gasteiger partial charge in [0, 0.05) is 47.9 Å². The molecule has 0 atom stereocenters. The minimum absolute atomic E-state index is 0.578. The van der Waals surface area contributed by atoms with Gasteiger partial charge >= 0.3 is 0 Å². The molecule has 2 aromatic heterocycles. The SMILES string of the molecule is CCCCCCOCc1cc(C#C[Si](C)(C)C)cc(-c2ccc(-c3ccc(-c4cc(C#C[Si](C(C)C)(C(C)C)C(C)C)cc(COCCCCCC)c4)cn3)nc2)c1. The summed E-state index contributed by atoms with van der Waals surface area (Å²) in [6.07, 6.45) is 13.5. The predicted molar refractivity (Wildman–Crippen MR) is 254 cm³/mol. The number of hydrogen-bond acceptors (Lipinski definition) is 4. The first-order valence-electron chi connectivity index (χ1n) is 22.2. The Bertz CT molecular complexity index is 1970. The topological polar surface area (TPSA) is 44.2 Å². The number of unbranched alkanes of at least 4 members (excludes halogenated alkanes) is 6. The van der Waals surface area contributed by atoms with Crippen molar-refractivity contribution in [2.24, 2.45) is 0 Å². The van der Waals surface area contributed by atoms with E-state index in [0.717, 1.165) is 82.0 Å². The van der Waals surface area contributed by atoms with Crippen LogP contribution in [0, 0.1) is 22.9 Å². The normalized spacial score (nSPS) is 11.8. The molecule has 310 valence electrons. The highest BCUT2D eigenvalue weighted by Crippen LogP contribution is 2.41. The summed E-state index contributed by atoms with van der Waals surface area (Å²) in [4.78, 5) is 9.83. The Labute approximate surface area is 355 Å². The molecule has 0 fully saturated rings. The molecule has 6 heteroatoms. The van der Waals surface area contributed by atoms with Crippen LogP contribution in [0.3, 0.4) is 0 Å². The van der Waals surface area contributed by atoms with Crippen LogP contribution in [0.1, 0.15) is 129 Å². The molecule has 0 aliphatic rings. The van der Waals surface area contributed by atoms with Crippen molar-refractivity contribution in [2.75, 3.05) is 13.2 Å². The molecule has 0 saturated heterocycles. The summed E-state index contributed by atoms with van der Waals surface area (Å²) in [6.45, 7) is 28.3. The highest BCUT2D eigenvalue weighted by Gasteiger charge is 2.41. The first-order valence-corrected chi connectivity index (χ1v) is 27.9. The fourth-order valence-electron chi connectivity index (χ4n) is 7.98. The zero-order valence-electron chi connectivity index (χ0n) is 37.9. The lowest BCUT2D eigenvalue weighted by Crippen LogP contribution is -2.43. The summed E-state index contributed by atoms with van der Waals surface area (Å²) >= 11 is 0. The quantitative estimate of drug-likeness (QED) is 0.0506. The van der Waals surface area contributed by atoms with E-state index in [1.54, 1.807) is 0 Å². The maximum absolute atomic E-state index is 6.19. The van der Waals surface area contributed by atoms with Crippen LogP contribution in [-0.2, 0) is 22.7 Å². The Morgan fingerprint density at radius 3 is 1.31 bits per heavy atom. The predicted octanol–water partition coefficient (Wildman–Crippen LogP) is 14.5. The second kappa shape index (κ2) is 23.1. The van der Waals surface area contributed by atoms with E-state index in [-0.39, 0.29) is 0 Å². The first kappa shape index (κ1) is 46.9. The van der Waals surface area contributed by atoms with Gasteiger partial charge in [-0.1, -0.05) is 138 Å². The number of pyridine rings is 2. The molecular weight excluding hydrogens is 741 g/mol. The molecule has 0 radical (unpaired) electrons. The summed E-state index contributed by atoms with van der Waals surface area (Å²) in [5, 5.41) is 0. The lowest BCUT2D eigenvalue weighted by molar-refractivity contribution is 0.117. The third-order valence-corrected chi connectivity index (χ3v) is 18.3. The first-order chi connectivity index (χ1) is 27.7. The van der Waals surface area contributed by atoms with Crippen LogP contribution in [0.15, 0.2) is 73.1 Å². The molecule has 4 aromatic rings. The lowest BCUT2D eigenvalue weighted by atomic mass is 10.00. The van der Waals surface area contributed by atoms with Crippen LogP contribution in [0.4, 0.5) is 0 Å². The smallest absolute Gasteiger partial charge is 0.146 e. The number of aromatic nitrogens is 2. The van der Waals surface area contributed by atoms with Crippen molar-refractivity contribution in [1.29, 1.82) is 0 Å². The van der Waals surface area contributed by atoms with Crippen LogP contribution >= 0.6 is 0 Å². The maximum atomic E-state index is 6.19. The highest BCUT2D eigenvalue weighted by atomic mass is 28.3. The fourth-order valence-corrected chi connectivity index (χ4v) is 13.7. The van der Waals surface area contributed by atoms with Crippen LogP contribution in [0.25, 0.3) is 33.6 Å². The Hall–Kier alpha value is -3.79. The summed E-state index contributed by atoms with van der Waals surface area (Å²) < 4.78 is 12.3. The molecule has 4 rings (SSSR count). The minimum atomic E-state index is -1.89. The van der Waals surface area contributed by atoms with Gasteiger partial charge in [0.2, 0.25) is 0 Å². The number of ether oxygens (including phenoxy) is 2. The molecule has 58 heavy (non-hydrogen) atoms. The van der Waals surface area contributed by atoms with Gasteiger partial charge in [-0.2, -0.15) is 0 Å². The molecule has 2 aromatic carbocycles. The van der Waals surface area contributed by atoms with Gasteiger partial charge in [0.25, 0.3) is 0 Å². The zero-order chi connectivity index (χ0) is 42.1. The molecule has 0 amide bonds. The van der Waals surface area contributed by atoms with E-state index in [1.165, 1.54) is 38.5 Å². The molecule has 0 aliphatic heterocycles. The van der Waals surface area contributed by atoms with Crippen molar-refractivity contribution >= 4 is 16.1 Å². The molecule has 0 N–H and O–H groups in total. The van der Waals surface area contributed by atoms with Gasteiger partial charge in [-0.3, -0.25) is 9.97 Å². The monoisotopic (exact) mass is 813 g/mol. The third kappa shape index (κ3) is 14.2. The fraction of sp³-hybridized carbons (Fsp3) is 0.500. The van der Waals surface area contributed by atoms with E-state index in [9.17, 15) is 0 Å². The summed E-state index contributed by atoms with van der Waals surface area (Å²) in [7, 11) is -3.42. The highest BCUT2D eigenvalue weighted by molar-refractivity contribution is 6.90. The molecule has 4 nitrogen and oxygen atoms in total. The Morgan fingerprint density at radius 2 is 0.948 bits per heavy atom. The molecule has 0 unspecified atom stereocenters. The molecule has 0 saturated carbocycles. The van der Waals surface area contributed by atoms with Crippen molar-refractivity contribution in [2.45, 2.75) is 156 Å². The van der Waals surface area contributed by atoms with Crippen molar-refractivity contribution in [3.63, 3.8) is 0 Å². The van der Waals surface area contributed by atoms with Gasteiger partial charge in [-0.25, -0.2) is 0 Å². The van der Waals surface area contributed by atoms with Gasteiger partial charge in [-0.05, 0) is 100 Å². The molecule has 0 spiro atoms. The summed E-state index contributed by atoms with van der Waals surface area (Å²) in [5.41, 5.74) is 19.6. The average Bonchev–Trinajstić information content (AvgIpc) is 3.19. The van der Waals surface area contributed by atoms with Gasteiger partial charge < -0.3 is 9.47 Å². The molecule has 2 heterocycles. The van der Waals surface area contributed by atoms with Crippen LogP contribution in [0.2, 0.25) is 36.3 Å². The van der Waals surface area contributed by atoms with Gasteiger partial charge in [0.1, 0.15) is 16.1 Å². The number of hydrogen-bond donors (Lipinski definition) is 0. The maximum Gasteiger partial charge on any atom is 0.146 e. The Balaban J connectivity index is 1.60. The van der Waals surface area contributed by atoms with E-state index >= 15 is 0 Å². The van der Waals surface area contributed by atoms with Crippen LogP contribution in [-0.4, -0.2) is 39.3 Å². The summed E-state index contributed by atoms with van der Waals surface area (Å²) in [5.74, 6) is 7.18. The van der Waals surface area contributed by atoms with Gasteiger partial charge in [0.15, 0.2) is 0 Å². The Morgan fingerprint density at radius 1 is 0.517 bits per heavy atom. The third-order valence-electron chi connectivity index (χ3n) is 11.1. The standard InChI is InChI=1S/C52H72N2O2Si2/c1-12-14-16-18-26-55-38-45-30-43(24-28-57(9,10)11)32-49(34-45)47-20-22-51(53-36-47)52-23-21-48(37-54-52)50-33-44(25-29-58(40(3)4,41(5)6)42(7)8)31-46(35-50)39-56-27-19-17-15-13-2/h20-23,30-37,40-42H,12-19,26-27,38-39H2,1-11H3. The van der Waals surface area contributed by atoms with Crippen molar-refractivity contribution in [3.8, 4) is 56.6 Å². The number of rotatable bonds is 20. The Kier molecular flexibility index (Phi) is 18.7. The van der Waals surface area contributed by atoms with E-state index in [4.69, 9.17) is 19.4 Å². The second-order valence-corrected chi connectivity index (χ2v) is 28.4. The number of nitrogens with zero attached hydrogens (tertiary/aromatic N) is 2. The minimum Gasteiger partial charge on any atom is -0.377 e. The van der Waals surface area contributed by atoms with E-state index in [0.29, 0.717) is 29.8 Å². The molecule has 0 bridgehead atoms. The second-order valence-electron chi connectivity index (χ2n) is 18.1. The zero-order valence-corrected chi connectivity index (χ0v) is 39.9. The lowest BCUT2D eigenvalue weighted by Gasteiger charge is -2.38. The van der Waals surface area contributed by atoms with E-state index in [1.807, 2.05) is 12.4 Å². The van der Waals surface area contributed by atoms with Crippen LogP contribution in [0.5, 0.6) is 0 Å². The largest absolute Gasteiger partial charge is 0.377 e. The number of benzene rings is 2. The van der Waals surface area contributed by atoms with Crippen molar-refractivity contribution < 1.29 is 9.47 Å². The van der Waals surface area contributed by atoms with Crippen LogP contribution < -0.4 is 0 Å². The van der Waals surface area contributed by atoms with Gasteiger partial charge in [-0.15, -0.1) is 11.1 Å². The van der Waals surface area contributed by atoms with E-state index in [2.05, 4.69) is 159 Å². The van der Waals surface area contributed by atoms with Crippen molar-refractivity contribution in [3.05, 3.63) is 95.3 Å².